The standard InChI is InChI=1S/C13H9F2NO2/c14-9-3-1-2-4-11(9)16-12-7-8(13(17)18)5-6-10(12)15/h1-7,16H,(H,17,18). The van der Waals surface area contributed by atoms with Crippen LogP contribution in [0.1, 0.15) is 10.4 Å². The van der Waals surface area contributed by atoms with Crippen molar-refractivity contribution in [1.82, 2.24) is 0 Å². The Kier molecular flexibility index (Phi) is 3.23. The van der Waals surface area contributed by atoms with Gasteiger partial charge in [0, 0.05) is 0 Å². The van der Waals surface area contributed by atoms with Crippen LogP contribution in [0.2, 0.25) is 0 Å². The van der Waals surface area contributed by atoms with Crippen LogP contribution in [0.5, 0.6) is 0 Å². The highest BCUT2D eigenvalue weighted by molar-refractivity contribution is 5.89. The number of aromatic carboxylic acids is 1. The smallest absolute Gasteiger partial charge is 0.335 e. The molecular weight excluding hydrogens is 240 g/mol. The first-order valence-corrected chi connectivity index (χ1v) is 5.12. The molecule has 0 atom stereocenters. The molecule has 2 aromatic rings. The first-order valence-electron chi connectivity index (χ1n) is 5.12. The Morgan fingerprint density at radius 2 is 1.67 bits per heavy atom. The summed E-state index contributed by atoms with van der Waals surface area (Å²) >= 11 is 0. The second kappa shape index (κ2) is 4.83. The summed E-state index contributed by atoms with van der Waals surface area (Å²) in [4.78, 5) is 10.8. The molecule has 0 bridgehead atoms. The monoisotopic (exact) mass is 249 g/mol. The lowest BCUT2D eigenvalue weighted by atomic mass is 10.2. The molecule has 18 heavy (non-hydrogen) atoms. The summed E-state index contributed by atoms with van der Waals surface area (Å²) in [5.41, 5.74) is -0.0748. The van der Waals surface area contributed by atoms with Crippen molar-refractivity contribution in [3.63, 3.8) is 0 Å². The topological polar surface area (TPSA) is 49.3 Å². The number of anilines is 2. The van der Waals surface area contributed by atoms with E-state index in [1.165, 1.54) is 18.2 Å². The first kappa shape index (κ1) is 12.0. The molecular formula is C13H9F2NO2. The van der Waals surface area contributed by atoms with Crippen molar-refractivity contribution in [3.8, 4) is 0 Å². The van der Waals surface area contributed by atoms with E-state index in [4.69, 9.17) is 5.11 Å². The van der Waals surface area contributed by atoms with Gasteiger partial charge in [0.05, 0.1) is 16.9 Å². The number of para-hydroxylation sites is 1. The molecule has 2 N–H and O–H groups in total. The lowest BCUT2D eigenvalue weighted by Gasteiger charge is -2.09. The summed E-state index contributed by atoms with van der Waals surface area (Å²) in [6.07, 6.45) is 0. The fourth-order valence-electron chi connectivity index (χ4n) is 1.46. The van der Waals surface area contributed by atoms with Crippen molar-refractivity contribution in [2.24, 2.45) is 0 Å². The molecule has 0 fully saturated rings. The third-order valence-corrected chi connectivity index (χ3v) is 2.36. The molecule has 0 heterocycles. The summed E-state index contributed by atoms with van der Waals surface area (Å²) in [6.45, 7) is 0. The van der Waals surface area contributed by atoms with E-state index in [1.54, 1.807) is 6.07 Å². The van der Waals surface area contributed by atoms with Crippen molar-refractivity contribution in [2.45, 2.75) is 0 Å². The minimum atomic E-state index is -1.17. The summed E-state index contributed by atoms with van der Waals surface area (Å²) < 4.78 is 26.8. The Labute approximate surface area is 102 Å². The minimum Gasteiger partial charge on any atom is -0.478 e. The Hall–Kier alpha value is -2.43. The zero-order valence-electron chi connectivity index (χ0n) is 9.15. The maximum absolute atomic E-state index is 13.5. The van der Waals surface area contributed by atoms with Crippen LogP contribution in [-0.4, -0.2) is 11.1 Å². The van der Waals surface area contributed by atoms with Gasteiger partial charge in [0.1, 0.15) is 11.6 Å². The van der Waals surface area contributed by atoms with Gasteiger partial charge in [-0.15, -0.1) is 0 Å². The number of carboxylic acid groups (broad SMARTS) is 1. The third-order valence-electron chi connectivity index (χ3n) is 2.36. The molecule has 5 heteroatoms. The number of hydrogen-bond acceptors (Lipinski definition) is 2. The molecule has 0 aliphatic carbocycles. The normalized spacial score (nSPS) is 10.1. The number of halogens is 2. The molecule has 0 aliphatic rings. The quantitative estimate of drug-likeness (QED) is 0.876. The molecule has 2 aromatic carbocycles. The minimum absolute atomic E-state index is 0.0739. The van der Waals surface area contributed by atoms with E-state index in [0.717, 1.165) is 18.2 Å². The molecule has 0 spiro atoms. The van der Waals surface area contributed by atoms with E-state index < -0.39 is 17.6 Å². The van der Waals surface area contributed by atoms with Gasteiger partial charge in [-0.3, -0.25) is 0 Å². The molecule has 0 aromatic heterocycles. The number of carbonyl (C=O) groups is 1. The van der Waals surface area contributed by atoms with Crippen LogP contribution < -0.4 is 5.32 Å². The Bertz CT molecular complexity index is 599. The maximum atomic E-state index is 13.5. The zero-order chi connectivity index (χ0) is 13.1. The summed E-state index contributed by atoms with van der Waals surface area (Å²) in [6, 6.07) is 9.03. The van der Waals surface area contributed by atoms with E-state index in [-0.39, 0.29) is 16.9 Å². The van der Waals surface area contributed by atoms with Crippen molar-refractivity contribution < 1.29 is 18.7 Å². The van der Waals surface area contributed by atoms with E-state index in [2.05, 4.69) is 5.32 Å². The molecule has 0 radical (unpaired) electrons. The van der Waals surface area contributed by atoms with Gasteiger partial charge in [0.15, 0.2) is 0 Å². The van der Waals surface area contributed by atoms with Gasteiger partial charge >= 0.3 is 5.97 Å². The van der Waals surface area contributed by atoms with Gasteiger partial charge < -0.3 is 10.4 Å². The second-order valence-corrected chi connectivity index (χ2v) is 3.60. The van der Waals surface area contributed by atoms with Gasteiger partial charge in [-0.2, -0.15) is 0 Å². The highest BCUT2D eigenvalue weighted by Gasteiger charge is 2.10. The molecule has 0 unspecified atom stereocenters. The maximum Gasteiger partial charge on any atom is 0.335 e. The molecule has 0 saturated heterocycles. The molecule has 0 saturated carbocycles. The predicted molar refractivity (Wildman–Crippen MR) is 63.0 cm³/mol. The molecule has 0 aliphatic heterocycles. The highest BCUT2D eigenvalue weighted by Crippen LogP contribution is 2.23. The summed E-state index contributed by atoms with van der Waals surface area (Å²) in [5.74, 6) is -2.37. The van der Waals surface area contributed by atoms with Crippen molar-refractivity contribution >= 4 is 17.3 Å². The van der Waals surface area contributed by atoms with Crippen LogP contribution in [-0.2, 0) is 0 Å². The second-order valence-electron chi connectivity index (χ2n) is 3.60. The van der Waals surface area contributed by atoms with Gasteiger partial charge in [-0.1, -0.05) is 12.1 Å². The average Bonchev–Trinajstić information content (AvgIpc) is 2.34. The predicted octanol–water partition coefficient (Wildman–Crippen LogP) is 3.41. The van der Waals surface area contributed by atoms with Crippen molar-refractivity contribution in [3.05, 3.63) is 59.7 Å². The van der Waals surface area contributed by atoms with Crippen LogP contribution in [0.15, 0.2) is 42.5 Å². The van der Waals surface area contributed by atoms with Gasteiger partial charge in [0.25, 0.3) is 0 Å². The van der Waals surface area contributed by atoms with Gasteiger partial charge in [0.2, 0.25) is 0 Å². The SMILES string of the molecule is O=C(O)c1ccc(F)c(Nc2ccccc2F)c1. The number of hydrogen-bond donors (Lipinski definition) is 2. The van der Waals surface area contributed by atoms with E-state index in [0.29, 0.717) is 0 Å². The Morgan fingerprint density at radius 3 is 2.33 bits per heavy atom. The lowest BCUT2D eigenvalue weighted by molar-refractivity contribution is 0.0697. The van der Waals surface area contributed by atoms with E-state index in [9.17, 15) is 13.6 Å². The Morgan fingerprint density at radius 1 is 1.00 bits per heavy atom. The van der Waals surface area contributed by atoms with Crippen LogP contribution in [0.3, 0.4) is 0 Å². The number of nitrogens with one attached hydrogen (secondary N) is 1. The molecule has 2 rings (SSSR count). The van der Waals surface area contributed by atoms with Crippen LogP contribution in [0.25, 0.3) is 0 Å². The van der Waals surface area contributed by atoms with Crippen molar-refractivity contribution in [1.29, 1.82) is 0 Å². The number of rotatable bonds is 3. The number of carboxylic acids is 1. The first-order chi connectivity index (χ1) is 8.58. The van der Waals surface area contributed by atoms with Gasteiger partial charge in [-0.05, 0) is 30.3 Å². The third kappa shape index (κ3) is 2.45. The lowest BCUT2D eigenvalue weighted by Crippen LogP contribution is -2.01. The van der Waals surface area contributed by atoms with Crippen LogP contribution in [0, 0.1) is 11.6 Å². The van der Waals surface area contributed by atoms with Crippen LogP contribution in [0.4, 0.5) is 20.2 Å². The molecule has 3 nitrogen and oxygen atoms in total. The zero-order valence-corrected chi connectivity index (χ0v) is 9.15. The largest absolute Gasteiger partial charge is 0.478 e. The van der Waals surface area contributed by atoms with E-state index >= 15 is 0 Å². The van der Waals surface area contributed by atoms with Gasteiger partial charge in [-0.25, -0.2) is 13.6 Å². The summed E-state index contributed by atoms with van der Waals surface area (Å²) in [7, 11) is 0. The van der Waals surface area contributed by atoms with E-state index in [1.807, 2.05) is 0 Å². The fraction of sp³-hybridized carbons (Fsp3) is 0. The molecule has 92 valence electrons. The molecule has 0 amide bonds. The summed E-state index contributed by atoms with van der Waals surface area (Å²) in [5, 5.41) is 11.3. The Balaban J connectivity index is 2.37. The van der Waals surface area contributed by atoms with Crippen molar-refractivity contribution in [2.75, 3.05) is 5.32 Å². The number of benzene rings is 2. The fourth-order valence-corrected chi connectivity index (χ4v) is 1.46. The van der Waals surface area contributed by atoms with Crippen LogP contribution >= 0.6 is 0 Å². The average molecular weight is 249 g/mol. The highest BCUT2D eigenvalue weighted by atomic mass is 19.1.